The highest BCUT2D eigenvalue weighted by atomic mass is 35.5. The number of halogens is 1. The highest BCUT2D eigenvalue weighted by molar-refractivity contribution is 7.80. The summed E-state index contributed by atoms with van der Waals surface area (Å²) in [5.74, 6) is 0. The second kappa shape index (κ2) is 8.54. The lowest BCUT2D eigenvalue weighted by molar-refractivity contribution is 0.139. The summed E-state index contributed by atoms with van der Waals surface area (Å²) in [6, 6.07) is 7.53. The number of thiocarbonyl (C=S) groups is 1. The van der Waals surface area contributed by atoms with E-state index < -0.39 is 0 Å². The van der Waals surface area contributed by atoms with Crippen molar-refractivity contribution in [3.63, 3.8) is 0 Å². The largest absolute Gasteiger partial charge is 0.361 e. The molecule has 1 heterocycles. The summed E-state index contributed by atoms with van der Waals surface area (Å²) < 4.78 is 0. The molecule has 21 heavy (non-hydrogen) atoms. The third kappa shape index (κ3) is 5.79. The van der Waals surface area contributed by atoms with Crippen LogP contribution in [0.5, 0.6) is 0 Å². The summed E-state index contributed by atoms with van der Waals surface area (Å²) in [6.07, 6.45) is 0. The maximum Gasteiger partial charge on any atom is 0.170 e. The molecule has 1 aliphatic rings. The minimum Gasteiger partial charge on any atom is -0.361 e. The molecule has 4 nitrogen and oxygen atoms in total. The van der Waals surface area contributed by atoms with Crippen LogP contribution in [0.2, 0.25) is 5.02 Å². The molecule has 0 atom stereocenters. The molecule has 0 bridgehead atoms. The van der Waals surface area contributed by atoms with Crippen molar-refractivity contribution in [3.05, 3.63) is 29.3 Å². The van der Waals surface area contributed by atoms with Crippen LogP contribution >= 0.6 is 23.8 Å². The first-order valence-electron chi connectivity index (χ1n) is 7.42. The van der Waals surface area contributed by atoms with Crippen molar-refractivity contribution in [2.24, 2.45) is 0 Å². The molecule has 1 aromatic rings. The lowest BCUT2D eigenvalue weighted by Gasteiger charge is -2.34. The molecule has 1 fully saturated rings. The fourth-order valence-corrected chi connectivity index (χ4v) is 2.71. The lowest BCUT2D eigenvalue weighted by atomic mass is 10.3. The lowest BCUT2D eigenvalue weighted by Crippen LogP contribution is -2.48. The molecule has 0 radical (unpaired) electrons. The Morgan fingerprint density at radius 1 is 1.14 bits per heavy atom. The van der Waals surface area contributed by atoms with Crippen LogP contribution in [0.3, 0.4) is 0 Å². The van der Waals surface area contributed by atoms with Gasteiger partial charge in [0.25, 0.3) is 0 Å². The monoisotopic (exact) mass is 326 g/mol. The maximum absolute atomic E-state index is 5.85. The van der Waals surface area contributed by atoms with Gasteiger partial charge in [-0.15, -0.1) is 0 Å². The molecule has 1 aromatic carbocycles. The van der Waals surface area contributed by atoms with Crippen LogP contribution in [0.4, 0.5) is 5.69 Å². The fraction of sp³-hybridized carbons (Fsp3) is 0.533. The topological polar surface area (TPSA) is 30.5 Å². The van der Waals surface area contributed by atoms with Gasteiger partial charge in [-0.25, -0.2) is 0 Å². The second-order valence-electron chi connectivity index (χ2n) is 5.16. The first-order chi connectivity index (χ1) is 10.2. The molecule has 0 amide bonds. The van der Waals surface area contributed by atoms with E-state index in [2.05, 4.69) is 27.4 Å². The molecule has 6 heteroatoms. The van der Waals surface area contributed by atoms with Crippen LogP contribution in [0.1, 0.15) is 6.92 Å². The number of likely N-dealkylation sites (N-methyl/N-ethyl adjacent to an activating group) is 1. The number of piperazine rings is 1. The predicted molar refractivity (Wildman–Crippen MR) is 94.2 cm³/mol. The molecular weight excluding hydrogens is 304 g/mol. The van der Waals surface area contributed by atoms with Crippen LogP contribution in [-0.2, 0) is 0 Å². The summed E-state index contributed by atoms with van der Waals surface area (Å²) in [5.41, 5.74) is 0.952. The first kappa shape index (κ1) is 16.5. The first-order valence-corrected chi connectivity index (χ1v) is 8.21. The zero-order chi connectivity index (χ0) is 15.1. The second-order valence-corrected chi connectivity index (χ2v) is 6.01. The molecule has 0 spiro atoms. The Balaban J connectivity index is 1.62. The van der Waals surface area contributed by atoms with Gasteiger partial charge >= 0.3 is 0 Å². The van der Waals surface area contributed by atoms with Crippen LogP contribution in [0, 0.1) is 0 Å². The van der Waals surface area contributed by atoms with Crippen LogP contribution < -0.4 is 10.6 Å². The van der Waals surface area contributed by atoms with Gasteiger partial charge in [-0.3, -0.25) is 4.90 Å². The van der Waals surface area contributed by atoms with Gasteiger partial charge in [0.05, 0.1) is 0 Å². The van der Waals surface area contributed by atoms with Crippen molar-refractivity contribution >= 4 is 34.6 Å². The van der Waals surface area contributed by atoms with Gasteiger partial charge in [0.15, 0.2) is 5.11 Å². The molecule has 0 aromatic heterocycles. The van der Waals surface area contributed by atoms with Gasteiger partial charge in [0, 0.05) is 50.0 Å². The number of nitrogens with one attached hydrogen (secondary N) is 2. The van der Waals surface area contributed by atoms with Crippen LogP contribution in [0.15, 0.2) is 24.3 Å². The average molecular weight is 327 g/mol. The average Bonchev–Trinajstić information content (AvgIpc) is 2.50. The van der Waals surface area contributed by atoms with E-state index in [9.17, 15) is 0 Å². The molecule has 2 N–H and O–H groups in total. The van der Waals surface area contributed by atoms with E-state index in [1.54, 1.807) is 0 Å². The minimum absolute atomic E-state index is 0.657. The van der Waals surface area contributed by atoms with E-state index in [4.69, 9.17) is 23.8 Å². The van der Waals surface area contributed by atoms with Crippen LogP contribution in [0.25, 0.3) is 0 Å². The fourth-order valence-electron chi connectivity index (χ4n) is 2.37. The van der Waals surface area contributed by atoms with Gasteiger partial charge in [0.1, 0.15) is 0 Å². The maximum atomic E-state index is 5.85. The Morgan fingerprint density at radius 2 is 1.76 bits per heavy atom. The highest BCUT2D eigenvalue weighted by Gasteiger charge is 2.14. The highest BCUT2D eigenvalue weighted by Crippen LogP contribution is 2.13. The Kier molecular flexibility index (Phi) is 6.70. The number of nitrogens with zero attached hydrogens (tertiary/aromatic N) is 2. The van der Waals surface area contributed by atoms with Gasteiger partial charge in [-0.2, -0.15) is 0 Å². The van der Waals surface area contributed by atoms with E-state index in [-0.39, 0.29) is 0 Å². The standard InChI is InChI=1S/C15H23ClN4S/c1-2-19-9-11-20(12-10-19)8-7-17-15(21)18-14-5-3-13(16)4-6-14/h3-6H,2,7-12H2,1H3,(H2,17,18,21). The van der Waals surface area contributed by atoms with Crippen molar-refractivity contribution in [1.82, 2.24) is 15.1 Å². The van der Waals surface area contributed by atoms with E-state index in [0.717, 1.165) is 43.4 Å². The normalized spacial score (nSPS) is 16.7. The number of anilines is 1. The zero-order valence-electron chi connectivity index (χ0n) is 12.4. The smallest absolute Gasteiger partial charge is 0.170 e. The van der Waals surface area contributed by atoms with Crippen molar-refractivity contribution < 1.29 is 0 Å². The molecule has 1 saturated heterocycles. The molecule has 0 aliphatic carbocycles. The van der Waals surface area contributed by atoms with E-state index in [0.29, 0.717) is 5.11 Å². The SMILES string of the molecule is CCN1CCN(CCNC(=S)Nc2ccc(Cl)cc2)CC1. The van der Waals surface area contributed by atoms with E-state index in [1.807, 2.05) is 24.3 Å². The van der Waals surface area contributed by atoms with E-state index >= 15 is 0 Å². The summed E-state index contributed by atoms with van der Waals surface area (Å²) in [4.78, 5) is 4.96. The summed E-state index contributed by atoms with van der Waals surface area (Å²) in [6.45, 7) is 9.90. The van der Waals surface area contributed by atoms with Crippen molar-refractivity contribution in [2.45, 2.75) is 6.92 Å². The molecule has 1 aliphatic heterocycles. The van der Waals surface area contributed by atoms with Crippen molar-refractivity contribution in [1.29, 1.82) is 0 Å². The number of hydrogen-bond acceptors (Lipinski definition) is 3. The number of rotatable bonds is 5. The Hall–Kier alpha value is -0.880. The third-order valence-electron chi connectivity index (χ3n) is 3.73. The number of hydrogen-bond donors (Lipinski definition) is 2. The van der Waals surface area contributed by atoms with Crippen LogP contribution in [-0.4, -0.2) is 60.7 Å². The number of benzene rings is 1. The summed E-state index contributed by atoms with van der Waals surface area (Å²) in [5, 5.41) is 7.79. The van der Waals surface area contributed by atoms with Gasteiger partial charge in [0.2, 0.25) is 0 Å². The Bertz CT molecular complexity index is 443. The Morgan fingerprint density at radius 3 is 2.38 bits per heavy atom. The molecule has 0 unspecified atom stereocenters. The van der Waals surface area contributed by atoms with Gasteiger partial charge in [-0.1, -0.05) is 18.5 Å². The van der Waals surface area contributed by atoms with Crippen molar-refractivity contribution in [3.8, 4) is 0 Å². The molecule has 116 valence electrons. The van der Waals surface area contributed by atoms with Crippen molar-refractivity contribution in [2.75, 3.05) is 51.1 Å². The summed E-state index contributed by atoms with van der Waals surface area (Å²) in [7, 11) is 0. The molecule has 2 rings (SSSR count). The van der Waals surface area contributed by atoms with Gasteiger partial charge in [-0.05, 0) is 43.0 Å². The summed E-state index contributed by atoms with van der Waals surface area (Å²) >= 11 is 11.1. The molecular formula is C15H23ClN4S. The predicted octanol–water partition coefficient (Wildman–Crippen LogP) is 2.26. The Labute approximate surface area is 137 Å². The zero-order valence-corrected chi connectivity index (χ0v) is 14.0. The van der Waals surface area contributed by atoms with E-state index in [1.165, 1.54) is 13.1 Å². The minimum atomic E-state index is 0.657. The van der Waals surface area contributed by atoms with Gasteiger partial charge < -0.3 is 15.5 Å². The third-order valence-corrected chi connectivity index (χ3v) is 4.23. The molecule has 0 saturated carbocycles. The quantitative estimate of drug-likeness (QED) is 0.811.